The summed E-state index contributed by atoms with van der Waals surface area (Å²) in [5, 5.41) is 1.51. The quantitative estimate of drug-likeness (QED) is 0.373. The van der Waals surface area contributed by atoms with Crippen molar-refractivity contribution in [3.63, 3.8) is 0 Å². The molecule has 2 aliphatic carbocycles. The number of aldehydes is 1. The van der Waals surface area contributed by atoms with Crippen LogP contribution in [0.1, 0.15) is 6.42 Å². The highest BCUT2D eigenvalue weighted by atomic mass is 28.3. The number of allylic oxidation sites excluding steroid dienone is 4. The molecule has 0 fully saturated rings. The van der Waals surface area contributed by atoms with Crippen LogP contribution in [0.25, 0.3) is 0 Å². The van der Waals surface area contributed by atoms with Gasteiger partial charge in [-0.05, 0) is 17.9 Å². The summed E-state index contributed by atoms with van der Waals surface area (Å²) in [6, 6.07) is 0. The fraction of sp³-hybridized carbons (Fsp3) is 0.545. The van der Waals surface area contributed by atoms with Crippen molar-refractivity contribution in [1.29, 1.82) is 0 Å². The molecule has 0 aromatic carbocycles. The summed E-state index contributed by atoms with van der Waals surface area (Å²) in [6.45, 7) is 7.00. The van der Waals surface area contributed by atoms with Gasteiger partial charge in [-0.25, -0.2) is 0 Å². The predicted octanol–water partition coefficient (Wildman–Crippen LogP) is 2.57. The Bertz CT molecular complexity index is 307. The van der Waals surface area contributed by atoms with Gasteiger partial charge < -0.3 is 0 Å². The maximum Gasteiger partial charge on any atom is 0.146 e. The Balaban J connectivity index is 2.45. The van der Waals surface area contributed by atoms with E-state index in [0.29, 0.717) is 11.8 Å². The highest BCUT2D eigenvalue weighted by Gasteiger charge is 2.40. The molecule has 2 rings (SSSR count). The van der Waals surface area contributed by atoms with Crippen LogP contribution in [-0.2, 0) is 4.79 Å². The van der Waals surface area contributed by atoms with Crippen LogP contribution in [-0.4, -0.2) is 14.4 Å². The van der Waals surface area contributed by atoms with Gasteiger partial charge in [0.2, 0.25) is 0 Å². The van der Waals surface area contributed by atoms with Gasteiger partial charge in [-0.2, -0.15) is 0 Å². The minimum atomic E-state index is -1.26. The van der Waals surface area contributed by atoms with E-state index in [-0.39, 0.29) is 0 Å². The molecule has 0 heterocycles. The number of rotatable bonds is 2. The van der Waals surface area contributed by atoms with Crippen molar-refractivity contribution in [1.82, 2.24) is 0 Å². The van der Waals surface area contributed by atoms with E-state index in [2.05, 4.69) is 31.8 Å². The van der Waals surface area contributed by atoms with Gasteiger partial charge in [0.15, 0.2) is 0 Å². The first-order valence-electron chi connectivity index (χ1n) is 4.92. The van der Waals surface area contributed by atoms with E-state index >= 15 is 0 Å². The van der Waals surface area contributed by atoms with Crippen molar-refractivity contribution in [2.75, 3.05) is 0 Å². The van der Waals surface area contributed by atoms with Gasteiger partial charge in [0.25, 0.3) is 0 Å². The van der Waals surface area contributed by atoms with E-state index in [0.717, 1.165) is 11.9 Å². The summed E-state index contributed by atoms with van der Waals surface area (Å²) in [6.07, 6.45) is 6.78. The molecule has 0 aromatic heterocycles. The van der Waals surface area contributed by atoms with Crippen LogP contribution in [0.2, 0.25) is 19.6 Å². The topological polar surface area (TPSA) is 17.1 Å². The Hall–Kier alpha value is -0.633. The van der Waals surface area contributed by atoms with Crippen molar-refractivity contribution >= 4 is 14.4 Å². The van der Waals surface area contributed by atoms with Crippen molar-refractivity contribution < 1.29 is 4.79 Å². The van der Waals surface area contributed by atoms with E-state index in [1.54, 1.807) is 0 Å². The summed E-state index contributed by atoms with van der Waals surface area (Å²) < 4.78 is 0. The fourth-order valence-corrected chi connectivity index (χ4v) is 5.13. The summed E-state index contributed by atoms with van der Waals surface area (Å²) in [7, 11) is -1.26. The number of carbonyl (C=O) groups is 1. The fourth-order valence-electron chi connectivity index (χ4n) is 2.70. The van der Waals surface area contributed by atoms with Gasteiger partial charge in [0.05, 0.1) is 8.07 Å². The third-order valence-electron chi connectivity index (χ3n) is 3.10. The second-order valence-corrected chi connectivity index (χ2v) is 10.1. The summed E-state index contributed by atoms with van der Waals surface area (Å²) >= 11 is 0. The molecule has 2 bridgehead atoms. The van der Waals surface area contributed by atoms with Gasteiger partial charge in [-0.1, -0.05) is 37.0 Å². The highest BCUT2D eigenvalue weighted by Crippen LogP contribution is 2.46. The number of hydrogen-bond acceptors (Lipinski definition) is 1. The van der Waals surface area contributed by atoms with E-state index in [1.807, 2.05) is 0 Å². The molecule has 70 valence electrons. The van der Waals surface area contributed by atoms with Gasteiger partial charge in [-0.15, -0.1) is 0 Å². The normalized spacial score (nSPS) is 31.6. The lowest BCUT2D eigenvalue weighted by molar-refractivity contribution is -0.105. The zero-order valence-corrected chi connectivity index (χ0v) is 9.50. The molecular formula is C11H16OSi. The molecular weight excluding hydrogens is 176 g/mol. The lowest BCUT2D eigenvalue weighted by Crippen LogP contribution is -2.28. The Labute approximate surface area is 80.5 Å². The average molecular weight is 192 g/mol. The van der Waals surface area contributed by atoms with Crippen LogP contribution in [0.15, 0.2) is 22.9 Å². The molecule has 2 atom stereocenters. The second-order valence-electron chi connectivity index (χ2n) is 5.07. The molecule has 0 unspecified atom stereocenters. The maximum absolute atomic E-state index is 11.0. The van der Waals surface area contributed by atoms with Gasteiger partial charge in [-0.3, -0.25) is 4.79 Å². The molecule has 0 spiro atoms. The van der Waals surface area contributed by atoms with Crippen molar-refractivity contribution in [3.8, 4) is 0 Å². The van der Waals surface area contributed by atoms with Crippen LogP contribution >= 0.6 is 0 Å². The summed E-state index contributed by atoms with van der Waals surface area (Å²) in [5.41, 5.74) is 1.12. The third kappa shape index (κ3) is 1.24. The first-order valence-corrected chi connectivity index (χ1v) is 8.42. The monoisotopic (exact) mass is 192 g/mol. The van der Waals surface area contributed by atoms with Crippen molar-refractivity contribution in [2.24, 2.45) is 11.8 Å². The maximum atomic E-state index is 11.0. The second kappa shape index (κ2) is 2.68. The van der Waals surface area contributed by atoms with E-state index < -0.39 is 8.07 Å². The zero-order valence-electron chi connectivity index (χ0n) is 8.50. The first kappa shape index (κ1) is 8.94. The Morgan fingerprint density at radius 3 is 2.38 bits per heavy atom. The number of fused-ring (bicyclic) bond motifs is 2. The minimum Gasteiger partial charge on any atom is -0.298 e. The zero-order chi connectivity index (χ0) is 9.64. The van der Waals surface area contributed by atoms with Gasteiger partial charge in [0, 0.05) is 5.92 Å². The Morgan fingerprint density at radius 1 is 1.31 bits per heavy atom. The minimum absolute atomic E-state index is 0.462. The van der Waals surface area contributed by atoms with Gasteiger partial charge >= 0.3 is 0 Å². The lowest BCUT2D eigenvalue weighted by atomic mass is 10.1. The standard InChI is InChI=1S/C11H16OSi/c1-13(2,3)11-9-5-4-8(6-9)10(11)7-12/h4-5,7-9H,6H2,1-3H3/t8-,9+/m1/s1. The molecule has 0 amide bonds. The van der Waals surface area contributed by atoms with Crippen LogP contribution in [0.5, 0.6) is 0 Å². The molecule has 0 radical (unpaired) electrons. The van der Waals surface area contributed by atoms with Crippen LogP contribution in [0.4, 0.5) is 0 Å². The molecule has 2 aliphatic rings. The molecule has 0 aromatic rings. The smallest absolute Gasteiger partial charge is 0.146 e. The van der Waals surface area contributed by atoms with Crippen LogP contribution in [0, 0.1) is 11.8 Å². The van der Waals surface area contributed by atoms with Crippen LogP contribution < -0.4 is 0 Å². The average Bonchev–Trinajstić information content (AvgIpc) is 2.59. The summed E-state index contributed by atoms with van der Waals surface area (Å²) in [5.74, 6) is 1.07. The predicted molar refractivity (Wildman–Crippen MR) is 57.2 cm³/mol. The van der Waals surface area contributed by atoms with Crippen LogP contribution in [0.3, 0.4) is 0 Å². The van der Waals surface area contributed by atoms with Crippen molar-refractivity contribution in [3.05, 3.63) is 22.9 Å². The number of hydrogen-bond donors (Lipinski definition) is 0. The Kier molecular flexibility index (Phi) is 1.84. The molecule has 2 heteroatoms. The highest BCUT2D eigenvalue weighted by molar-refractivity contribution is 6.83. The van der Waals surface area contributed by atoms with E-state index in [9.17, 15) is 4.79 Å². The Morgan fingerprint density at radius 2 is 1.92 bits per heavy atom. The molecule has 0 saturated carbocycles. The molecule has 0 aliphatic heterocycles. The van der Waals surface area contributed by atoms with E-state index in [1.165, 1.54) is 11.6 Å². The lowest BCUT2D eigenvalue weighted by Gasteiger charge is -2.24. The molecule has 0 saturated heterocycles. The van der Waals surface area contributed by atoms with Gasteiger partial charge in [0.1, 0.15) is 6.29 Å². The summed E-state index contributed by atoms with van der Waals surface area (Å²) in [4.78, 5) is 11.0. The van der Waals surface area contributed by atoms with Crippen molar-refractivity contribution in [2.45, 2.75) is 26.1 Å². The molecule has 0 N–H and O–H groups in total. The molecule has 13 heavy (non-hydrogen) atoms. The number of carbonyl (C=O) groups excluding carboxylic acids is 1. The largest absolute Gasteiger partial charge is 0.298 e. The van der Waals surface area contributed by atoms with E-state index in [4.69, 9.17) is 0 Å². The molecule has 1 nitrogen and oxygen atoms in total. The first-order chi connectivity index (χ1) is 6.04. The SMILES string of the molecule is C[Si](C)(C)C1=C(C=O)[C@@H]2C=C[C@H]1C2. The third-order valence-corrected chi connectivity index (χ3v) is 5.38.